The van der Waals surface area contributed by atoms with Gasteiger partial charge in [-0.25, -0.2) is 4.79 Å². The summed E-state index contributed by atoms with van der Waals surface area (Å²) in [6.45, 7) is 3.96. The molecule has 0 saturated carbocycles. The molecule has 4 amide bonds. The van der Waals surface area contributed by atoms with Crippen LogP contribution in [0.15, 0.2) is 54.7 Å². The number of benzene rings is 2. The van der Waals surface area contributed by atoms with Gasteiger partial charge in [0, 0.05) is 29.2 Å². The Hall–Kier alpha value is -3.61. The third-order valence-corrected chi connectivity index (χ3v) is 5.88. The zero-order valence-electron chi connectivity index (χ0n) is 17.6. The molecule has 7 heteroatoms. The molecule has 1 fully saturated rings. The minimum atomic E-state index is -0.686. The number of carbonyl (C=O) groups is 3. The van der Waals surface area contributed by atoms with Crippen LogP contribution < -0.4 is 10.6 Å². The predicted molar refractivity (Wildman–Crippen MR) is 120 cm³/mol. The molecule has 0 spiro atoms. The van der Waals surface area contributed by atoms with E-state index in [1.54, 1.807) is 0 Å². The van der Waals surface area contributed by atoms with Crippen LogP contribution in [0, 0.1) is 0 Å². The molecule has 3 N–H and O–H groups in total. The number of anilines is 1. The van der Waals surface area contributed by atoms with Crippen LogP contribution in [0.5, 0.6) is 0 Å². The standard InChI is InChI=1S/C24H26N4O3/c1-3-15(2)16-8-10-18(11-9-16)26-22(29)14-28-23(30)21(27-24(28)31)12-17-13-25-20-7-5-4-6-19(17)20/h4-11,13,15,21,25H,3,12,14H2,1-2H3,(H,26,29)(H,27,31)/t15-,21+/m1/s1. The van der Waals surface area contributed by atoms with E-state index in [9.17, 15) is 14.4 Å². The number of carbonyl (C=O) groups excluding carboxylic acids is 3. The number of rotatable bonds is 7. The first kappa shape index (κ1) is 20.7. The van der Waals surface area contributed by atoms with E-state index < -0.39 is 23.9 Å². The second-order valence-corrected chi connectivity index (χ2v) is 7.97. The lowest BCUT2D eigenvalue weighted by Gasteiger charge is -2.14. The van der Waals surface area contributed by atoms with Crippen molar-refractivity contribution in [2.24, 2.45) is 0 Å². The van der Waals surface area contributed by atoms with E-state index in [4.69, 9.17) is 0 Å². The normalized spacial score (nSPS) is 17.1. The molecule has 2 heterocycles. The molecule has 2 atom stereocenters. The van der Waals surface area contributed by atoms with Gasteiger partial charge in [0.1, 0.15) is 12.6 Å². The van der Waals surface area contributed by atoms with E-state index in [-0.39, 0.29) is 6.54 Å². The number of H-pyrrole nitrogens is 1. The van der Waals surface area contributed by atoms with Gasteiger partial charge in [0.05, 0.1) is 0 Å². The average molecular weight is 418 g/mol. The monoisotopic (exact) mass is 418 g/mol. The van der Waals surface area contributed by atoms with Crippen molar-refractivity contribution in [1.82, 2.24) is 15.2 Å². The summed E-state index contributed by atoms with van der Waals surface area (Å²) in [5.74, 6) is -0.352. The number of fused-ring (bicyclic) bond motifs is 1. The fraction of sp³-hybridized carbons (Fsp3) is 0.292. The Kier molecular flexibility index (Phi) is 5.75. The lowest BCUT2D eigenvalue weighted by Crippen LogP contribution is -2.38. The highest BCUT2D eigenvalue weighted by Crippen LogP contribution is 2.22. The molecule has 0 unspecified atom stereocenters. The molecule has 31 heavy (non-hydrogen) atoms. The van der Waals surface area contributed by atoms with Crippen LogP contribution in [0.25, 0.3) is 10.9 Å². The van der Waals surface area contributed by atoms with Crippen molar-refractivity contribution in [1.29, 1.82) is 0 Å². The van der Waals surface area contributed by atoms with Crippen LogP contribution in [0.1, 0.15) is 37.3 Å². The summed E-state index contributed by atoms with van der Waals surface area (Å²) in [5, 5.41) is 6.47. The third-order valence-electron chi connectivity index (χ3n) is 5.88. The average Bonchev–Trinajstić information content (AvgIpc) is 3.30. The number of nitrogens with one attached hydrogen (secondary N) is 3. The van der Waals surface area contributed by atoms with Gasteiger partial charge in [-0.1, -0.05) is 44.2 Å². The quantitative estimate of drug-likeness (QED) is 0.510. The predicted octanol–water partition coefficient (Wildman–Crippen LogP) is 3.78. The highest BCUT2D eigenvalue weighted by atomic mass is 16.2. The van der Waals surface area contributed by atoms with Gasteiger partial charge in [0.25, 0.3) is 5.91 Å². The molecule has 4 rings (SSSR count). The summed E-state index contributed by atoms with van der Waals surface area (Å²) in [6, 6.07) is 14.2. The van der Waals surface area contributed by atoms with E-state index in [1.165, 1.54) is 5.56 Å². The number of hydrogen-bond acceptors (Lipinski definition) is 3. The number of aromatic amines is 1. The Labute approximate surface area is 180 Å². The van der Waals surface area contributed by atoms with Crippen molar-refractivity contribution in [3.05, 3.63) is 65.9 Å². The van der Waals surface area contributed by atoms with Crippen molar-refractivity contribution in [3.63, 3.8) is 0 Å². The van der Waals surface area contributed by atoms with E-state index >= 15 is 0 Å². The number of nitrogens with zero attached hydrogens (tertiary/aromatic N) is 1. The third kappa shape index (κ3) is 4.30. The van der Waals surface area contributed by atoms with E-state index in [0.29, 0.717) is 18.0 Å². The Morgan fingerprint density at radius 3 is 2.61 bits per heavy atom. The minimum absolute atomic E-state index is 0.317. The number of imide groups is 1. The number of hydrogen-bond donors (Lipinski definition) is 3. The number of amides is 4. The fourth-order valence-electron chi connectivity index (χ4n) is 3.86. The summed E-state index contributed by atoms with van der Waals surface area (Å²) in [7, 11) is 0. The van der Waals surface area contributed by atoms with Gasteiger partial charge < -0.3 is 15.6 Å². The van der Waals surface area contributed by atoms with Crippen molar-refractivity contribution < 1.29 is 14.4 Å². The maximum Gasteiger partial charge on any atom is 0.325 e. The van der Waals surface area contributed by atoms with E-state index in [0.717, 1.165) is 27.8 Å². The summed E-state index contributed by atoms with van der Waals surface area (Å²) in [6.07, 6.45) is 3.25. The molecule has 1 aliphatic rings. The summed E-state index contributed by atoms with van der Waals surface area (Å²) < 4.78 is 0. The van der Waals surface area contributed by atoms with Crippen molar-refractivity contribution in [2.75, 3.05) is 11.9 Å². The van der Waals surface area contributed by atoms with Crippen molar-refractivity contribution in [3.8, 4) is 0 Å². The number of aromatic nitrogens is 1. The molecule has 1 aromatic heterocycles. The van der Waals surface area contributed by atoms with Crippen LogP contribution in [-0.4, -0.2) is 40.3 Å². The maximum absolute atomic E-state index is 12.8. The smallest absolute Gasteiger partial charge is 0.325 e. The first-order chi connectivity index (χ1) is 15.0. The summed E-state index contributed by atoms with van der Waals surface area (Å²) in [5.41, 5.74) is 3.76. The SMILES string of the molecule is CC[C@@H](C)c1ccc(NC(=O)CN2C(=O)N[C@@H](Cc3c[nH]c4ccccc34)C2=O)cc1. The largest absolute Gasteiger partial charge is 0.361 e. The molecule has 160 valence electrons. The van der Waals surface area contributed by atoms with Gasteiger partial charge >= 0.3 is 6.03 Å². The summed E-state index contributed by atoms with van der Waals surface area (Å²) >= 11 is 0. The number of para-hydroxylation sites is 1. The van der Waals surface area contributed by atoms with Gasteiger partial charge in [0.15, 0.2) is 0 Å². The highest BCUT2D eigenvalue weighted by molar-refractivity contribution is 6.08. The van der Waals surface area contributed by atoms with Gasteiger partial charge in [-0.2, -0.15) is 0 Å². The molecule has 1 aliphatic heterocycles. The fourth-order valence-corrected chi connectivity index (χ4v) is 3.86. The Balaban J connectivity index is 1.38. The van der Waals surface area contributed by atoms with Crippen molar-refractivity contribution >= 4 is 34.4 Å². The maximum atomic E-state index is 12.8. The van der Waals surface area contributed by atoms with Crippen LogP contribution in [-0.2, 0) is 16.0 Å². The molecular weight excluding hydrogens is 392 g/mol. The molecule has 3 aromatic rings. The second-order valence-electron chi connectivity index (χ2n) is 7.97. The molecule has 1 saturated heterocycles. The van der Waals surface area contributed by atoms with Crippen LogP contribution >= 0.6 is 0 Å². The number of urea groups is 1. The molecule has 0 radical (unpaired) electrons. The lowest BCUT2D eigenvalue weighted by molar-refractivity contribution is -0.130. The summed E-state index contributed by atoms with van der Waals surface area (Å²) in [4.78, 5) is 41.7. The Morgan fingerprint density at radius 2 is 1.87 bits per heavy atom. The molecule has 0 aliphatic carbocycles. The Bertz CT molecular complexity index is 1120. The van der Waals surface area contributed by atoms with Crippen molar-refractivity contribution in [2.45, 2.75) is 38.6 Å². The topological polar surface area (TPSA) is 94.3 Å². The first-order valence-electron chi connectivity index (χ1n) is 10.5. The van der Waals surface area contributed by atoms with Gasteiger partial charge in [-0.3, -0.25) is 14.5 Å². The van der Waals surface area contributed by atoms with E-state index in [1.807, 2.05) is 54.7 Å². The van der Waals surface area contributed by atoms with Gasteiger partial charge in [-0.15, -0.1) is 0 Å². The molecule has 2 aromatic carbocycles. The minimum Gasteiger partial charge on any atom is -0.361 e. The zero-order chi connectivity index (χ0) is 22.0. The van der Waals surface area contributed by atoms with E-state index in [2.05, 4.69) is 29.5 Å². The first-order valence-corrected chi connectivity index (χ1v) is 10.5. The van der Waals surface area contributed by atoms with Crippen LogP contribution in [0.4, 0.5) is 10.5 Å². The second kappa shape index (κ2) is 8.63. The van der Waals surface area contributed by atoms with Gasteiger partial charge in [-0.05, 0) is 41.7 Å². The molecule has 7 nitrogen and oxygen atoms in total. The van der Waals surface area contributed by atoms with Gasteiger partial charge in [0.2, 0.25) is 5.91 Å². The molecular formula is C24H26N4O3. The lowest BCUT2D eigenvalue weighted by atomic mass is 9.99. The van der Waals surface area contributed by atoms with Crippen LogP contribution in [0.3, 0.4) is 0 Å². The zero-order valence-corrected chi connectivity index (χ0v) is 17.6. The van der Waals surface area contributed by atoms with Crippen LogP contribution in [0.2, 0.25) is 0 Å². The molecule has 0 bridgehead atoms. The Morgan fingerprint density at radius 1 is 1.13 bits per heavy atom. The highest BCUT2D eigenvalue weighted by Gasteiger charge is 2.39.